The summed E-state index contributed by atoms with van der Waals surface area (Å²) in [6, 6.07) is 1.51. The van der Waals surface area contributed by atoms with Gasteiger partial charge in [0, 0.05) is 13.1 Å². The standard InChI is InChI=1S/C9H16N4O/c10-4-8(11)6-13-3-1-2-7(5-13)9(12)14/h7-8H,1-3,5-6,11H2,(H2,12,14). The number of nitriles is 1. The van der Waals surface area contributed by atoms with Crippen molar-refractivity contribution in [2.45, 2.75) is 18.9 Å². The van der Waals surface area contributed by atoms with Gasteiger partial charge in [0.15, 0.2) is 0 Å². The van der Waals surface area contributed by atoms with Crippen molar-refractivity contribution in [2.24, 2.45) is 17.4 Å². The summed E-state index contributed by atoms with van der Waals surface area (Å²) in [7, 11) is 0. The van der Waals surface area contributed by atoms with Crippen LogP contribution in [0.3, 0.4) is 0 Å². The van der Waals surface area contributed by atoms with E-state index in [-0.39, 0.29) is 11.8 Å². The molecule has 0 aliphatic carbocycles. The predicted octanol–water partition coefficient (Wildman–Crippen LogP) is -0.965. The SMILES string of the molecule is N#CC(N)CN1CCCC(C(N)=O)C1. The number of hydrogen-bond donors (Lipinski definition) is 2. The molecular formula is C9H16N4O. The number of hydrogen-bond acceptors (Lipinski definition) is 4. The molecule has 5 heteroatoms. The molecule has 1 heterocycles. The van der Waals surface area contributed by atoms with Gasteiger partial charge in [0.1, 0.15) is 6.04 Å². The lowest BCUT2D eigenvalue weighted by Gasteiger charge is -2.31. The second kappa shape index (κ2) is 4.94. The third kappa shape index (κ3) is 2.98. The van der Waals surface area contributed by atoms with Crippen molar-refractivity contribution in [3.63, 3.8) is 0 Å². The van der Waals surface area contributed by atoms with Crippen LogP contribution in [0.4, 0.5) is 0 Å². The summed E-state index contributed by atoms with van der Waals surface area (Å²) >= 11 is 0. The van der Waals surface area contributed by atoms with E-state index >= 15 is 0 Å². The fourth-order valence-electron chi connectivity index (χ4n) is 1.77. The van der Waals surface area contributed by atoms with Gasteiger partial charge in [-0.25, -0.2) is 0 Å². The van der Waals surface area contributed by atoms with Crippen LogP contribution in [0.15, 0.2) is 0 Å². The van der Waals surface area contributed by atoms with Gasteiger partial charge in [-0.15, -0.1) is 0 Å². The lowest BCUT2D eigenvalue weighted by atomic mass is 9.97. The Bertz CT molecular complexity index is 248. The topological polar surface area (TPSA) is 96.1 Å². The summed E-state index contributed by atoms with van der Waals surface area (Å²) in [6.45, 7) is 2.07. The minimum Gasteiger partial charge on any atom is -0.369 e. The highest BCUT2D eigenvalue weighted by atomic mass is 16.1. The largest absolute Gasteiger partial charge is 0.369 e. The number of rotatable bonds is 3. The highest BCUT2D eigenvalue weighted by Crippen LogP contribution is 2.15. The Kier molecular flexibility index (Phi) is 3.86. The molecule has 1 fully saturated rings. The number of carbonyl (C=O) groups excluding carboxylic acids is 1. The van der Waals surface area contributed by atoms with E-state index in [1.54, 1.807) is 0 Å². The first-order chi connectivity index (χ1) is 6.63. The molecule has 0 aromatic heterocycles. The van der Waals surface area contributed by atoms with Gasteiger partial charge >= 0.3 is 0 Å². The average molecular weight is 196 g/mol. The first kappa shape index (κ1) is 11.0. The van der Waals surface area contributed by atoms with E-state index in [0.29, 0.717) is 13.1 Å². The van der Waals surface area contributed by atoms with Gasteiger partial charge < -0.3 is 11.5 Å². The van der Waals surface area contributed by atoms with Gasteiger partial charge in [0.05, 0.1) is 12.0 Å². The van der Waals surface area contributed by atoms with Crippen LogP contribution in [0.2, 0.25) is 0 Å². The van der Waals surface area contributed by atoms with Crippen LogP contribution in [0.5, 0.6) is 0 Å². The molecule has 1 amide bonds. The van der Waals surface area contributed by atoms with Gasteiger partial charge in [-0.2, -0.15) is 5.26 Å². The zero-order valence-corrected chi connectivity index (χ0v) is 8.15. The smallest absolute Gasteiger partial charge is 0.221 e. The molecule has 1 aliphatic rings. The summed E-state index contributed by atoms with van der Waals surface area (Å²) in [5.41, 5.74) is 10.7. The molecule has 0 aromatic rings. The Balaban J connectivity index is 2.41. The molecular weight excluding hydrogens is 180 g/mol. The maximum Gasteiger partial charge on any atom is 0.221 e. The maximum atomic E-state index is 11.0. The maximum absolute atomic E-state index is 11.0. The van der Waals surface area contributed by atoms with Crippen LogP contribution in [-0.2, 0) is 4.79 Å². The van der Waals surface area contributed by atoms with Crippen LogP contribution in [0, 0.1) is 17.2 Å². The highest BCUT2D eigenvalue weighted by Gasteiger charge is 2.24. The van der Waals surface area contributed by atoms with Gasteiger partial charge in [-0.1, -0.05) is 0 Å². The van der Waals surface area contributed by atoms with E-state index in [4.69, 9.17) is 16.7 Å². The number of nitrogens with zero attached hydrogens (tertiary/aromatic N) is 2. The third-order valence-electron chi connectivity index (χ3n) is 2.53. The predicted molar refractivity (Wildman–Crippen MR) is 51.9 cm³/mol. The second-order valence-electron chi connectivity index (χ2n) is 3.74. The van der Waals surface area contributed by atoms with Crippen LogP contribution >= 0.6 is 0 Å². The summed E-state index contributed by atoms with van der Waals surface area (Å²) in [6.07, 6.45) is 1.80. The monoisotopic (exact) mass is 196 g/mol. The Hall–Kier alpha value is -1.12. The molecule has 0 saturated carbocycles. The number of nitrogens with two attached hydrogens (primary N) is 2. The molecule has 5 nitrogen and oxygen atoms in total. The number of amides is 1. The quantitative estimate of drug-likeness (QED) is 0.607. The van der Waals surface area contributed by atoms with E-state index in [1.807, 2.05) is 11.0 Å². The molecule has 0 radical (unpaired) electrons. The van der Waals surface area contributed by atoms with Crippen molar-refractivity contribution in [2.75, 3.05) is 19.6 Å². The Morgan fingerprint density at radius 3 is 3.00 bits per heavy atom. The minimum atomic E-state index is -0.471. The number of likely N-dealkylation sites (tertiary alicyclic amines) is 1. The fourth-order valence-corrected chi connectivity index (χ4v) is 1.77. The van der Waals surface area contributed by atoms with Crippen LogP contribution in [0.25, 0.3) is 0 Å². The van der Waals surface area contributed by atoms with E-state index in [9.17, 15) is 4.79 Å². The highest BCUT2D eigenvalue weighted by molar-refractivity contribution is 5.76. The summed E-state index contributed by atoms with van der Waals surface area (Å²) in [5, 5.41) is 8.55. The Morgan fingerprint density at radius 2 is 2.43 bits per heavy atom. The number of carbonyl (C=O) groups is 1. The summed E-state index contributed by atoms with van der Waals surface area (Å²) in [5.74, 6) is -0.324. The minimum absolute atomic E-state index is 0.0744. The average Bonchev–Trinajstić information content (AvgIpc) is 2.18. The number of piperidine rings is 1. The Morgan fingerprint density at radius 1 is 1.71 bits per heavy atom. The van der Waals surface area contributed by atoms with E-state index in [0.717, 1.165) is 19.4 Å². The molecule has 1 aliphatic heterocycles. The normalized spacial score (nSPS) is 25.3. The van der Waals surface area contributed by atoms with Crippen LogP contribution in [0.1, 0.15) is 12.8 Å². The second-order valence-corrected chi connectivity index (χ2v) is 3.74. The molecule has 2 unspecified atom stereocenters. The van der Waals surface area contributed by atoms with Gasteiger partial charge in [0.2, 0.25) is 5.91 Å². The van der Waals surface area contributed by atoms with Crippen LogP contribution in [-0.4, -0.2) is 36.5 Å². The molecule has 0 bridgehead atoms. The van der Waals surface area contributed by atoms with Crippen molar-refractivity contribution in [3.8, 4) is 6.07 Å². The third-order valence-corrected chi connectivity index (χ3v) is 2.53. The summed E-state index contributed by atoms with van der Waals surface area (Å²) in [4.78, 5) is 13.0. The lowest BCUT2D eigenvalue weighted by molar-refractivity contribution is -0.123. The molecule has 4 N–H and O–H groups in total. The molecule has 14 heavy (non-hydrogen) atoms. The van der Waals surface area contributed by atoms with Crippen molar-refractivity contribution in [3.05, 3.63) is 0 Å². The Labute approximate surface area is 83.6 Å². The summed E-state index contributed by atoms with van der Waals surface area (Å²) < 4.78 is 0. The molecule has 1 rings (SSSR count). The van der Waals surface area contributed by atoms with E-state index in [1.165, 1.54) is 0 Å². The van der Waals surface area contributed by atoms with E-state index < -0.39 is 6.04 Å². The van der Waals surface area contributed by atoms with Gasteiger partial charge in [-0.3, -0.25) is 9.69 Å². The van der Waals surface area contributed by atoms with Crippen LogP contribution < -0.4 is 11.5 Å². The lowest BCUT2D eigenvalue weighted by Crippen LogP contribution is -2.45. The van der Waals surface area contributed by atoms with Crippen molar-refractivity contribution >= 4 is 5.91 Å². The zero-order valence-electron chi connectivity index (χ0n) is 8.15. The van der Waals surface area contributed by atoms with Crippen molar-refractivity contribution in [1.82, 2.24) is 4.90 Å². The first-order valence-electron chi connectivity index (χ1n) is 4.80. The van der Waals surface area contributed by atoms with Crippen molar-refractivity contribution in [1.29, 1.82) is 5.26 Å². The van der Waals surface area contributed by atoms with Gasteiger partial charge in [0.25, 0.3) is 0 Å². The molecule has 1 saturated heterocycles. The first-order valence-corrected chi connectivity index (χ1v) is 4.80. The van der Waals surface area contributed by atoms with E-state index in [2.05, 4.69) is 0 Å². The molecule has 2 atom stereocenters. The fraction of sp³-hybridized carbons (Fsp3) is 0.778. The van der Waals surface area contributed by atoms with Crippen molar-refractivity contribution < 1.29 is 4.79 Å². The molecule has 0 spiro atoms. The molecule has 0 aromatic carbocycles. The zero-order chi connectivity index (χ0) is 10.6. The molecule has 78 valence electrons. The number of primary amides is 1. The van der Waals surface area contributed by atoms with Gasteiger partial charge in [-0.05, 0) is 19.4 Å².